The fraction of sp³-hybridized carbons (Fsp3) is 0.250. The van der Waals surface area contributed by atoms with Gasteiger partial charge in [-0.15, -0.1) is 0 Å². The number of anilines is 1. The molecule has 3 aromatic carbocycles. The summed E-state index contributed by atoms with van der Waals surface area (Å²) < 4.78 is 33.1. The molecule has 2 N–H and O–H groups in total. The topological polar surface area (TPSA) is 96.9 Å². The van der Waals surface area contributed by atoms with Crippen LogP contribution in [0.4, 0.5) is 5.69 Å². The maximum atomic E-state index is 12.9. The summed E-state index contributed by atoms with van der Waals surface area (Å²) in [6, 6.07) is 17.9. The number of carbonyl (C=O) groups excluding carboxylic acids is 1. The van der Waals surface area contributed by atoms with Crippen molar-refractivity contribution in [2.24, 2.45) is 4.99 Å². The Balaban J connectivity index is 1.50. The molecule has 1 aliphatic heterocycles. The molecule has 0 fully saturated rings. The third kappa shape index (κ3) is 4.75. The van der Waals surface area contributed by atoms with E-state index < -0.39 is 15.9 Å². The zero-order chi connectivity index (χ0) is 22.7. The van der Waals surface area contributed by atoms with E-state index in [1.54, 1.807) is 19.2 Å². The lowest BCUT2D eigenvalue weighted by molar-refractivity contribution is -0.117. The maximum absolute atomic E-state index is 12.9. The summed E-state index contributed by atoms with van der Waals surface area (Å²) in [5.41, 5.74) is 1.29. The van der Waals surface area contributed by atoms with Crippen LogP contribution in [0.25, 0.3) is 10.8 Å². The van der Waals surface area contributed by atoms with Crippen LogP contribution in [-0.4, -0.2) is 33.8 Å². The SMILES string of the molecule is COc1ccc2cc([C@H](C)C(=O)Nc3cccc(S(=O)(=O)NC4=NCCC4)c3)ccc2c1. The minimum Gasteiger partial charge on any atom is -0.497 e. The number of hydrogen-bond donors (Lipinski definition) is 2. The van der Waals surface area contributed by atoms with Crippen molar-refractivity contribution in [3.8, 4) is 5.75 Å². The first-order chi connectivity index (χ1) is 15.4. The second kappa shape index (κ2) is 9.00. The number of nitrogens with one attached hydrogen (secondary N) is 2. The molecular weight excluding hydrogens is 426 g/mol. The summed E-state index contributed by atoms with van der Waals surface area (Å²) in [4.78, 5) is 17.1. The van der Waals surface area contributed by atoms with Crippen molar-refractivity contribution in [2.75, 3.05) is 19.0 Å². The zero-order valence-corrected chi connectivity index (χ0v) is 18.8. The number of amides is 1. The van der Waals surface area contributed by atoms with Gasteiger partial charge in [0.15, 0.2) is 0 Å². The van der Waals surface area contributed by atoms with Crippen LogP contribution in [0.15, 0.2) is 70.6 Å². The first kappa shape index (κ1) is 21.8. The Morgan fingerprint density at radius 1 is 1.06 bits per heavy atom. The third-order valence-electron chi connectivity index (χ3n) is 5.50. The first-order valence-corrected chi connectivity index (χ1v) is 11.9. The van der Waals surface area contributed by atoms with Crippen LogP contribution in [0.3, 0.4) is 0 Å². The number of fused-ring (bicyclic) bond motifs is 1. The molecule has 4 rings (SSSR count). The number of benzene rings is 3. The van der Waals surface area contributed by atoms with E-state index in [4.69, 9.17) is 4.74 Å². The molecule has 3 aromatic rings. The highest BCUT2D eigenvalue weighted by Gasteiger charge is 2.20. The largest absolute Gasteiger partial charge is 0.497 e. The van der Waals surface area contributed by atoms with E-state index in [1.165, 1.54) is 12.1 Å². The molecule has 166 valence electrons. The summed E-state index contributed by atoms with van der Waals surface area (Å²) in [5, 5.41) is 4.87. The molecule has 0 aliphatic carbocycles. The Kier molecular flexibility index (Phi) is 6.14. The van der Waals surface area contributed by atoms with Gasteiger partial charge in [-0.05, 0) is 60.0 Å². The summed E-state index contributed by atoms with van der Waals surface area (Å²) in [6.45, 7) is 2.45. The standard InChI is InChI=1S/C24H25N3O4S/c1-16(17-8-9-19-14-21(31-2)11-10-18(19)13-17)24(28)26-20-5-3-6-22(15-20)32(29,30)27-23-7-4-12-25-23/h3,5-6,8-11,13-16H,4,7,12H2,1-2H3,(H,25,27)(H,26,28)/t16-/m0/s1. The predicted molar refractivity (Wildman–Crippen MR) is 126 cm³/mol. The third-order valence-corrected chi connectivity index (χ3v) is 6.88. The number of ether oxygens (including phenoxy) is 1. The molecule has 0 spiro atoms. The molecule has 8 heteroatoms. The molecule has 7 nitrogen and oxygen atoms in total. The fourth-order valence-electron chi connectivity index (χ4n) is 3.62. The van der Waals surface area contributed by atoms with Crippen LogP contribution >= 0.6 is 0 Å². The van der Waals surface area contributed by atoms with Gasteiger partial charge in [0.2, 0.25) is 5.91 Å². The maximum Gasteiger partial charge on any atom is 0.262 e. The number of amidine groups is 1. The van der Waals surface area contributed by atoms with Crippen molar-refractivity contribution in [3.05, 3.63) is 66.2 Å². The van der Waals surface area contributed by atoms with Crippen molar-refractivity contribution < 1.29 is 17.9 Å². The number of carbonyl (C=O) groups is 1. The van der Waals surface area contributed by atoms with Crippen LogP contribution in [-0.2, 0) is 14.8 Å². The van der Waals surface area contributed by atoms with E-state index in [0.717, 1.165) is 28.5 Å². The van der Waals surface area contributed by atoms with Crippen molar-refractivity contribution in [3.63, 3.8) is 0 Å². The van der Waals surface area contributed by atoms with Crippen LogP contribution < -0.4 is 14.8 Å². The number of rotatable bonds is 6. The highest BCUT2D eigenvalue weighted by atomic mass is 32.2. The van der Waals surface area contributed by atoms with E-state index in [9.17, 15) is 13.2 Å². The van der Waals surface area contributed by atoms with Crippen molar-refractivity contribution in [1.82, 2.24) is 4.72 Å². The van der Waals surface area contributed by atoms with Crippen LogP contribution in [0, 0.1) is 0 Å². The Morgan fingerprint density at radius 3 is 2.59 bits per heavy atom. The van der Waals surface area contributed by atoms with Gasteiger partial charge in [0, 0.05) is 18.7 Å². The lowest BCUT2D eigenvalue weighted by atomic mass is 9.97. The molecule has 0 saturated heterocycles. The molecule has 0 bridgehead atoms. The average Bonchev–Trinajstić information content (AvgIpc) is 3.30. The molecule has 1 aliphatic rings. The highest BCUT2D eigenvalue weighted by molar-refractivity contribution is 7.90. The average molecular weight is 452 g/mol. The summed E-state index contributed by atoms with van der Waals surface area (Å²) in [7, 11) is -2.12. The Hall–Kier alpha value is -3.39. The quantitative estimate of drug-likeness (QED) is 0.591. The second-order valence-corrected chi connectivity index (χ2v) is 9.43. The Labute approximate surface area is 187 Å². The van der Waals surface area contributed by atoms with E-state index in [-0.39, 0.29) is 10.8 Å². The van der Waals surface area contributed by atoms with E-state index in [2.05, 4.69) is 15.0 Å². The summed E-state index contributed by atoms with van der Waals surface area (Å²) in [6.07, 6.45) is 1.46. The lowest BCUT2D eigenvalue weighted by Gasteiger charge is -2.15. The number of methoxy groups -OCH3 is 1. The predicted octanol–water partition coefficient (Wildman–Crippen LogP) is 4.06. The molecule has 0 aromatic heterocycles. The van der Waals surface area contributed by atoms with E-state index in [1.807, 2.05) is 43.3 Å². The normalized spacial score (nSPS) is 14.6. The first-order valence-electron chi connectivity index (χ1n) is 10.4. The van der Waals surface area contributed by atoms with Gasteiger partial charge in [0.1, 0.15) is 11.6 Å². The molecule has 0 saturated carbocycles. The zero-order valence-electron chi connectivity index (χ0n) is 18.0. The van der Waals surface area contributed by atoms with Gasteiger partial charge in [0.25, 0.3) is 10.0 Å². The Morgan fingerprint density at radius 2 is 1.84 bits per heavy atom. The summed E-state index contributed by atoms with van der Waals surface area (Å²) in [5.74, 6) is 0.607. The van der Waals surface area contributed by atoms with E-state index in [0.29, 0.717) is 24.5 Å². The van der Waals surface area contributed by atoms with Gasteiger partial charge in [0.05, 0.1) is 17.9 Å². The fourth-order valence-corrected chi connectivity index (χ4v) is 4.75. The van der Waals surface area contributed by atoms with Crippen molar-refractivity contribution >= 4 is 38.2 Å². The monoisotopic (exact) mass is 451 g/mol. The lowest BCUT2D eigenvalue weighted by Crippen LogP contribution is -2.29. The van der Waals surface area contributed by atoms with Gasteiger partial charge in [-0.2, -0.15) is 0 Å². The van der Waals surface area contributed by atoms with Crippen molar-refractivity contribution in [2.45, 2.75) is 30.6 Å². The van der Waals surface area contributed by atoms with Gasteiger partial charge in [-0.1, -0.05) is 30.3 Å². The van der Waals surface area contributed by atoms with Crippen LogP contribution in [0.5, 0.6) is 5.75 Å². The molecular formula is C24H25N3O4S. The molecule has 1 amide bonds. The molecule has 32 heavy (non-hydrogen) atoms. The number of nitrogens with zero attached hydrogens (tertiary/aromatic N) is 1. The van der Waals surface area contributed by atoms with Crippen molar-refractivity contribution in [1.29, 1.82) is 0 Å². The van der Waals surface area contributed by atoms with Crippen LogP contribution in [0.1, 0.15) is 31.2 Å². The summed E-state index contributed by atoms with van der Waals surface area (Å²) >= 11 is 0. The second-order valence-electron chi connectivity index (χ2n) is 7.75. The minimum atomic E-state index is -3.75. The number of sulfonamides is 1. The molecule has 0 radical (unpaired) electrons. The minimum absolute atomic E-state index is 0.0807. The van der Waals surface area contributed by atoms with Gasteiger partial charge in [-0.25, -0.2) is 8.42 Å². The highest BCUT2D eigenvalue weighted by Crippen LogP contribution is 2.26. The van der Waals surface area contributed by atoms with Crippen LogP contribution in [0.2, 0.25) is 0 Å². The Bertz CT molecular complexity index is 1300. The van der Waals surface area contributed by atoms with E-state index >= 15 is 0 Å². The molecule has 1 heterocycles. The molecule has 1 atom stereocenters. The van der Waals surface area contributed by atoms with Gasteiger partial charge < -0.3 is 10.1 Å². The smallest absolute Gasteiger partial charge is 0.262 e. The molecule has 0 unspecified atom stereocenters. The van der Waals surface area contributed by atoms with Gasteiger partial charge >= 0.3 is 0 Å². The number of aliphatic imine (C=N–C) groups is 1. The van der Waals surface area contributed by atoms with Gasteiger partial charge in [-0.3, -0.25) is 14.5 Å². The number of hydrogen-bond acceptors (Lipinski definition) is 5.